The van der Waals surface area contributed by atoms with Crippen LogP contribution in [0.4, 0.5) is 0 Å². The average molecular weight is 347 g/mol. The van der Waals surface area contributed by atoms with Crippen molar-refractivity contribution in [2.24, 2.45) is 0 Å². The maximum Gasteiger partial charge on any atom is 0.339 e. The summed E-state index contributed by atoms with van der Waals surface area (Å²) in [5, 5.41) is 0.670. The number of hydrogen-bond acceptors (Lipinski definition) is 4. The number of aryl methyl sites for hydroxylation is 1. The lowest BCUT2D eigenvalue weighted by Gasteiger charge is -2.17. The van der Waals surface area contributed by atoms with Crippen molar-refractivity contribution < 1.29 is 14.3 Å². The number of pyridine rings is 1. The zero-order valence-corrected chi connectivity index (χ0v) is 14.4. The van der Waals surface area contributed by atoms with Crippen LogP contribution in [0.3, 0.4) is 0 Å². The van der Waals surface area contributed by atoms with Crippen molar-refractivity contribution in [1.82, 2.24) is 9.88 Å². The van der Waals surface area contributed by atoms with Gasteiger partial charge in [0, 0.05) is 24.7 Å². The van der Waals surface area contributed by atoms with Gasteiger partial charge in [0.2, 0.25) is 5.91 Å². The van der Waals surface area contributed by atoms with E-state index in [0.29, 0.717) is 35.7 Å². The van der Waals surface area contributed by atoms with E-state index in [-0.39, 0.29) is 5.91 Å². The zero-order chi connectivity index (χ0) is 17.5. The molecule has 0 saturated heterocycles. The summed E-state index contributed by atoms with van der Waals surface area (Å²) in [7, 11) is 3.05. The molecule has 2 aromatic rings. The molecule has 0 bridgehead atoms. The van der Waals surface area contributed by atoms with Gasteiger partial charge in [0.05, 0.1) is 24.9 Å². The van der Waals surface area contributed by atoms with Gasteiger partial charge in [-0.15, -0.1) is 0 Å². The molecule has 6 heteroatoms. The lowest BCUT2D eigenvalue weighted by molar-refractivity contribution is -0.130. The minimum Gasteiger partial charge on any atom is -0.465 e. The average Bonchev–Trinajstić information content (AvgIpc) is 2.59. The van der Waals surface area contributed by atoms with Crippen LogP contribution in [0.15, 0.2) is 42.6 Å². The van der Waals surface area contributed by atoms with E-state index < -0.39 is 5.97 Å². The molecule has 2 rings (SSSR count). The number of nitrogens with zero attached hydrogens (tertiary/aromatic N) is 2. The van der Waals surface area contributed by atoms with Gasteiger partial charge in [0.25, 0.3) is 0 Å². The first-order chi connectivity index (χ1) is 11.5. The Hall–Kier alpha value is -2.40. The SMILES string of the molecule is COC(=O)c1ccc(CN(C)C(=O)CCc2cccc(Cl)c2)nc1. The van der Waals surface area contributed by atoms with Crippen LogP contribution < -0.4 is 0 Å². The van der Waals surface area contributed by atoms with Crippen LogP contribution in [-0.2, 0) is 22.5 Å². The van der Waals surface area contributed by atoms with E-state index in [2.05, 4.69) is 9.72 Å². The third-order valence-corrected chi connectivity index (χ3v) is 3.82. The molecule has 0 unspecified atom stereocenters. The first-order valence-electron chi connectivity index (χ1n) is 7.51. The second-order valence-corrected chi connectivity index (χ2v) is 5.85. The number of esters is 1. The molecule has 0 fully saturated rings. The predicted molar refractivity (Wildman–Crippen MR) is 91.8 cm³/mol. The first-order valence-corrected chi connectivity index (χ1v) is 7.89. The molecule has 0 radical (unpaired) electrons. The van der Waals surface area contributed by atoms with E-state index in [4.69, 9.17) is 11.6 Å². The van der Waals surface area contributed by atoms with E-state index in [9.17, 15) is 9.59 Å². The molecular weight excluding hydrogens is 328 g/mol. The highest BCUT2D eigenvalue weighted by molar-refractivity contribution is 6.30. The van der Waals surface area contributed by atoms with Crippen LogP contribution in [0.1, 0.15) is 28.0 Å². The largest absolute Gasteiger partial charge is 0.465 e. The molecule has 0 aliphatic heterocycles. The Labute approximate surface area is 146 Å². The molecular formula is C18H19ClN2O3. The number of rotatable bonds is 6. The third kappa shape index (κ3) is 5.06. The first kappa shape index (κ1) is 17.9. The number of ether oxygens (including phenoxy) is 1. The summed E-state index contributed by atoms with van der Waals surface area (Å²) in [4.78, 5) is 29.4. The van der Waals surface area contributed by atoms with Gasteiger partial charge in [-0.1, -0.05) is 23.7 Å². The maximum absolute atomic E-state index is 12.2. The van der Waals surface area contributed by atoms with Crippen molar-refractivity contribution in [2.45, 2.75) is 19.4 Å². The molecule has 1 heterocycles. The minimum atomic E-state index is -0.431. The number of halogens is 1. The molecule has 0 aliphatic carbocycles. The van der Waals surface area contributed by atoms with Crippen LogP contribution in [0.5, 0.6) is 0 Å². The van der Waals surface area contributed by atoms with Crippen molar-refractivity contribution in [3.05, 3.63) is 64.4 Å². The molecule has 1 aromatic heterocycles. The standard InChI is InChI=1S/C18H19ClN2O3/c1-21(12-16-8-7-14(11-20-16)18(23)24-2)17(22)9-6-13-4-3-5-15(19)10-13/h3-5,7-8,10-11H,6,9,12H2,1-2H3. The fourth-order valence-electron chi connectivity index (χ4n) is 2.22. The smallest absolute Gasteiger partial charge is 0.339 e. The Morgan fingerprint density at radius 1 is 1.25 bits per heavy atom. The van der Waals surface area contributed by atoms with Crippen LogP contribution in [-0.4, -0.2) is 35.9 Å². The fourth-order valence-corrected chi connectivity index (χ4v) is 2.44. The molecule has 24 heavy (non-hydrogen) atoms. The molecule has 0 saturated carbocycles. The topological polar surface area (TPSA) is 59.5 Å². The molecule has 0 aliphatic rings. The molecule has 0 spiro atoms. The van der Waals surface area contributed by atoms with Gasteiger partial charge in [-0.05, 0) is 36.2 Å². The highest BCUT2D eigenvalue weighted by Crippen LogP contribution is 2.13. The highest BCUT2D eigenvalue weighted by atomic mass is 35.5. The Bertz CT molecular complexity index is 716. The summed E-state index contributed by atoms with van der Waals surface area (Å²) in [5.41, 5.74) is 2.13. The molecule has 1 aromatic carbocycles. The summed E-state index contributed by atoms with van der Waals surface area (Å²) in [6.07, 6.45) is 2.49. The zero-order valence-electron chi connectivity index (χ0n) is 13.7. The second-order valence-electron chi connectivity index (χ2n) is 5.41. The quantitative estimate of drug-likeness (QED) is 0.754. The van der Waals surface area contributed by atoms with Crippen LogP contribution >= 0.6 is 11.6 Å². The van der Waals surface area contributed by atoms with Gasteiger partial charge in [0.15, 0.2) is 0 Å². The van der Waals surface area contributed by atoms with Gasteiger partial charge < -0.3 is 9.64 Å². The molecule has 5 nitrogen and oxygen atoms in total. The molecule has 0 N–H and O–H groups in total. The van der Waals surface area contributed by atoms with Gasteiger partial charge in [-0.25, -0.2) is 4.79 Å². The van der Waals surface area contributed by atoms with Crippen molar-refractivity contribution in [1.29, 1.82) is 0 Å². The van der Waals surface area contributed by atoms with Crippen LogP contribution in [0.25, 0.3) is 0 Å². The number of hydrogen-bond donors (Lipinski definition) is 0. The molecule has 126 valence electrons. The molecule has 0 atom stereocenters. The monoisotopic (exact) mass is 346 g/mol. The number of amides is 1. The Morgan fingerprint density at radius 3 is 2.67 bits per heavy atom. The van der Waals surface area contributed by atoms with Crippen molar-refractivity contribution in [3.8, 4) is 0 Å². The van der Waals surface area contributed by atoms with Gasteiger partial charge >= 0.3 is 5.97 Å². The predicted octanol–water partition coefficient (Wildman–Crippen LogP) is 3.11. The Balaban J connectivity index is 1.88. The Morgan fingerprint density at radius 2 is 2.04 bits per heavy atom. The summed E-state index contributed by atoms with van der Waals surface area (Å²) >= 11 is 5.94. The Kier molecular flexibility index (Phi) is 6.32. The van der Waals surface area contributed by atoms with Crippen LogP contribution in [0.2, 0.25) is 5.02 Å². The van der Waals surface area contributed by atoms with E-state index in [0.717, 1.165) is 5.56 Å². The van der Waals surface area contributed by atoms with Crippen LogP contribution in [0, 0.1) is 0 Å². The minimum absolute atomic E-state index is 0.0221. The normalized spacial score (nSPS) is 10.3. The van der Waals surface area contributed by atoms with E-state index in [1.54, 1.807) is 24.1 Å². The van der Waals surface area contributed by atoms with Gasteiger partial charge in [-0.3, -0.25) is 9.78 Å². The van der Waals surface area contributed by atoms with Crippen molar-refractivity contribution >= 4 is 23.5 Å². The van der Waals surface area contributed by atoms with E-state index in [1.165, 1.54) is 13.3 Å². The summed E-state index contributed by atoms with van der Waals surface area (Å²) in [5.74, 6) is -0.408. The second kappa shape index (κ2) is 8.45. The van der Waals surface area contributed by atoms with Gasteiger partial charge in [0.1, 0.15) is 0 Å². The third-order valence-electron chi connectivity index (χ3n) is 3.59. The van der Waals surface area contributed by atoms with E-state index in [1.807, 2.05) is 24.3 Å². The lowest BCUT2D eigenvalue weighted by atomic mass is 10.1. The number of benzene rings is 1. The summed E-state index contributed by atoms with van der Waals surface area (Å²) in [6, 6.07) is 10.8. The summed E-state index contributed by atoms with van der Waals surface area (Å²) in [6.45, 7) is 0.385. The van der Waals surface area contributed by atoms with Crippen molar-refractivity contribution in [3.63, 3.8) is 0 Å². The molecule has 1 amide bonds. The highest BCUT2D eigenvalue weighted by Gasteiger charge is 2.11. The van der Waals surface area contributed by atoms with Gasteiger partial charge in [-0.2, -0.15) is 0 Å². The van der Waals surface area contributed by atoms with E-state index >= 15 is 0 Å². The summed E-state index contributed by atoms with van der Waals surface area (Å²) < 4.78 is 4.62. The number of carbonyl (C=O) groups is 2. The maximum atomic E-state index is 12.2. The number of aromatic nitrogens is 1. The number of carbonyl (C=O) groups excluding carboxylic acids is 2. The lowest BCUT2D eigenvalue weighted by Crippen LogP contribution is -2.26. The van der Waals surface area contributed by atoms with Crippen molar-refractivity contribution in [2.75, 3.05) is 14.2 Å². The number of methoxy groups -OCH3 is 1. The fraction of sp³-hybridized carbons (Fsp3) is 0.278.